The Balaban J connectivity index is 2.13. The molecule has 2 aromatic rings. The topological polar surface area (TPSA) is 78.9 Å². The molecule has 0 fully saturated rings. The van der Waals surface area contributed by atoms with Gasteiger partial charge in [0.25, 0.3) is 10.1 Å². The zero-order chi connectivity index (χ0) is 19.9. The Labute approximate surface area is 160 Å². The molecule has 0 heterocycles. The molecular formula is C20H24O6S. The summed E-state index contributed by atoms with van der Waals surface area (Å²) >= 11 is 0. The van der Waals surface area contributed by atoms with Gasteiger partial charge in [-0.05, 0) is 56.5 Å². The minimum atomic E-state index is -4.08. The van der Waals surface area contributed by atoms with Crippen molar-refractivity contribution in [2.45, 2.75) is 37.7 Å². The van der Waals surface area contributed by atoms with E-state index in [4.69, 9.17) is 13.7 Å². The largest absolute Gasteiger partial charge is 0.497 e. The highest BCUT2D eigenvalue weighted by molar-refractivity contribution is 7.86. The van der Waals surface area contributed by atoms with Gasteiger partial charge in [0.15, 0.2) is 6.10 Å². The number of hydrogen-bond acceptors (Lipinski definition) is 6. The van der Waals surface area contributed by atoms with E-state index in [1.807, 2.05) is 19.1 Å². The Morgan fingerprint density at radius 2 is 1.67 bits per heavy atom. The Bertz CT molecular complexity index is 841. The molecular weight excluding hydrogens is 368 g/mol. The molecule has 1 atom stereocenters. The SMILES string of the molecule is CCOC(=O)C(CCc1ccc(OC)cc1)OS(=O)(=O)c1ccc(C)cc1. The summed E-state index contributed by atoms with van der Waals surface area (Å²) in [6.07, 6.45) is -0.578. The molecule has 0 spiro atoms. The lowest BCUT2D eigenvalue weighted by Crippen LogP contribution is -2.30. The van der Waals surface area contributed by atoms with Crippen LogP contribution in [0.15, 0.2) is 53.4 Å². The zero-order valence-corrected chi connectivity index (χ0v) is 16.5. The molecule has 146 valence electrons. The molecule has 0 saturated heterocycles. The third-order valence-electron chi connectivity index (χ3n) is 3.96. The van der Waals surface area contributed by atoms with Gasteiger partial charge in [0.05, 0.1) is 18.6 Å². The summed E-state index contributed by atoms with van der Waals surface area (Å²) < 4.78 is 40.3. The summed E-state index contributed by atoms with van der Waals surface area (Å²) in [6.45, 7) is 3.66. The number of esters is 1. The highest BCUT2D eigenvalue weighted by atomic mass is 32.2. The van der Waals surface area contributed by atoms with Gasteiger partial charge < -0.3 is 9.47 Å². The first-order valence-electron chi connectivity index (χ1n) is 8.65. The fraction of sp³-hybridized carbons (Fsp3) is 0.350. The third kappa shape index (κ3) is 6.08. The highest BCUT2D eigenvalue weighted by Gasteiger charge is 2.28. The molecule has 7 heteroatoms. The minimum absolute atomic E-state index is 0.00634. The molecule has 0 amide bonds. The second-order valence-corrected chi connectivity index (χ2v) is 7.56. The van der Waals surface area contributed by atoms with Gasteiger partial charge in [-0.3, -0.25) is 4.18 Å². The Morgan fingerprint density at radius 1 is 1.04 bits per heavy atom. The van der Waals surface area contributed by atoms with Crippen LogP contribution in [0.4, 0.5) is 0 Å². The maximum Gasteiger partial charge on any atom is 0.336 e. The molecule has 0 N–H and O–H groups in total. The van der Waals surface area contributed by atoms with Gasteiger partial charge >= 0.3 is 5.97 Å². The van der Waals surface area contributed by atoms with E-state index in [9.17, 15) is 13.2 Å². The number of methoxy groups -OCH3 is 1. The van der Waals surface area contributed by atoms with E-state index in [1.54, 1.807) is 38.3 Å². The van der Waals surface area contributed by atoms with E-state index in [2.05, 4.69) is 0 Å². The Hall–Kier alpha value is -2.38. The van der Waals surface area contributed by atoms with Gasteiger partial charge in [0.2, 0.25) is 0 Å². The van der Waals surface area contributed by atoms with Crippen LogP contribution in [0, 0.1) is 6.92 Å². The average Bonchev–Trinajstić information content (AvgIpc) is 2.66. The average molecular weight is 392 g/mol. The minimum Gasteiger partial charge on any atom is -0.497 e. The van der Waals surface area contributed by atoms with Gasteiger partial charge in [-0.25, -0.2) is 4.79 Å². The van der Waals surface area contributed by atoms with E-state index >= 15 is 0 Å². The first-order chi connectivity index (χ1) is 12.9. The van der Waals surface area contributed by atoms with Crippen molar-refractivity contribution in [2.24, 2.45) is 0 Å². The van der Waals surface area contributed by atoms with Crippen molar-refractivity contribution < 1.29 is 26.9 Å². The lowest BCUT2D eigenvalue weighted by molar-refractivity contribution is -0.151. The van der Waals surface area contributed by atoms with E-state index in [0.717, 1.165) is 16.9 Å². The molecule has 2 rings (SSSR count). The summed E-state index contributed by atoms with van der Waals surface area (Å²) in [6, 6.07) is 13.6. The van der Waals surface area contributed by atoms with Crippen LogP contribution in [-0.4, -0.2) is 34.2 Å². The quantitative estimate of drug-likeness (QED) is 0.481. The van der Waals surface area contributed by atoms with Gasteiger partial charge in [-0.1, -0.05) is 29.8 Å². The molecule has 1 unspecified atom stereocenters. The first kappa shape index (κ1) is 20.9. The van der Waals surface area contributed by atoms with Crippen LogP contribution in [-0.2, 0) is 30.3 Å². The summed E-state index contributed by atoms with van der Waals surface area (Å²) in [5, 5.41) is 0. The monoisotopic (exact) mass is 392 g/mol. The van der Waals surface area contributed by atoms with Crippen molar-refractivity contribution in [3.8, 4) is 5.75 Å². The summed E-state index contributed by atoms with van der Waals surface area (Å²) in [5.41, 5.74) is 1.86. The number of benzene rings is 2. The van der Waals surface area contributed by atoms with Crippen molar-refractivity contribution in [3.05, 3.63) is 59.7 Å². The second-order valence-electron chi connectivity index (χ2n) is 5.99. The van der Waals surface area contributed by atoms with Crippen LogP contribution in [0.5, 0.6) is 5.75 Å². The van der Waals surface area contributed by atoms with E-state index in [-0.39, 0.29) is 17.9 Å². The summed E-state index contributed by atoms with van der Waals surface area (Å²) in [5.74, 6) is 0.0283. The zero-order valence-electron chi connectivity index (χ0n) is 15.7. The highest BCUT2D eigenvalue weighted by Crippen LogP contribution is 2.19. The van der Waals surface area contributed by atoms with Crippen molar-refractivity contribution in [1.29, 1.82) is 0 Å². The maximum atomic E-state index is 12.5. The van der Waals surface area contributed by atoms with E-state index in [1.165, 1.54) is 12.1 Å². The predicted octanol–water partition coefficient (Wildman–Crippen LogP) is 3.27. The molecule has 0 aromatic heterocycles. The van der Waals surface area contributed by atoms with Crippen molar-refractivity contribution >= 4 is 16.1 Å². The van der Waals surface area contributed by atoms with Gasteiger partial charge in [0, 0.05) is 0 Å². The van der Waals surface area contributed by atoms with Crippen LogP contribution in [0.25, 0.3) is 0 Å². The number of rotatable bonds is 9. The van der Waals surface area contributed by atoms with Gasteiger partial charge in [0.1, 0.15) is 5.75 Å². The van der Waals surface area contributed by atoms with Crippen LogP contribution < -0.4 is 4.74 Å². The maximum absolute atomic E-state index is 12.5. The lowest BCUT2D eigenvalue weighted by atomic mass is 10.1. The molecule has 0 aliphatic rings. The normalized spacial score (nSPS) is 12.4. The van der Waals surface area contributed by atoms with E-state index < -0.39 is 22.2 Å². The molecule has 0 bridgehead atoms. The summed E-state index contributed by atoms with van der Waals surface area (Å²) in [4.78, 5) is 12.2. The second kappa shape index (κ2) is 9.53. The fourth-order valence-corrected chi connectivity index (χ4v) is 3.50. The third-order valence-corrected chi connectivity index (χ3v) is 5.29. The first-order valence-corrected chi connectivity index (χ1v) is 10.1. The smallest absolute Gasteiger partial charge is 0.336 e. The Kier molecular flexibility index (Phi) is 7.38. The van der Waals surface area contributed by atoms with Gasteiger partial charge in [-0.2, -0.15) is 8.42 Å². The van der Waals surface area contributed by atoms with Crippen molar-refractivity contribution in [3.63, 3.8) is 0 Å². The van der Waals surface area contributed by atoms with Crippen LogP contribution in [0.2, 0.25) is 0 Å². The molecule has 0 aliphatic carbocycles. The molecule has 6 nitrogen and oxygen atoms in total. The molecule has 0 saturated carbocycles. The molecule has 0 radical (unpaired) electrons. The number of aryl methyl sites for hydroxylation is 2. The van der Waals surface area contributed by atoms with Crippen molar-refractivity contribution in [1.82, 2.24) is 0 Å². The number of hydrogen-bond donors (Lipinski definition) is 0. The molecule has 2 aromatic carbocycles. The Morgan fingerprint density at radius 3 is 2.22 bits per heavy atom. The molecule has 27 heavy (non-hydrogen) atoms. The van der Waals surface area contributed by atoms with Crippen molar-refractivity contribution in [2.75, 3.05) is 13.7 Å². The van der Waals surface area contributed by atoms with Crippen LogP contribution in [0.1, 0.15) is 24.5 Å². The number of ether oxygens (including phenoxy) is 2. The number of carbonyl (C=O) groups excluding carboxylic acids is 1. The lowest BCUT2D eigenvalue weighted by Gasteiger charge is -2.16. The standard InChI is InChI=1S/C20H24O6S/c1-4-25-20(21)19(14-9-16-7-10-17(24-3)11-8-16)26-27(22,23)18-12-5-15(2)6-13-18/h5-8,10-13,19H,4,9,14H2,1-3H3. The molecule has 0 aliphatic heterocycles. The van der Waals surface area contributed by atoms with Crippen LogP contribution in [0.3, 0.4) is 0 Å². The van der Waals surface area contributed by atoms with Gasteiger partial charge in [-0.15, -0.1) is 0 Å². The summed E-state index contributed by atoms with van der Waals surface area (Å²) in [7, 11) is -2.50. The van der Waals surface area contributed by atoms with Crippen LogP contribution >= 0.6 is 0 Å². The van der Waals surface area contributed by atoms with E-state index in [0.29, 0.717) is 6.42 Å². The number of carbonyl (C=O) groups is 1. The predicted molar refractivity (Wildman–Crippen MR) is 101 cm³/mol. The fourth-order valence-electron chi connectivity index (χ4n) is 2.44.